The van der Waals surface area contributed by atoms with Crippen LogP contribution in [0.2, 0.25) is 0 Å². The first kappa shape index (κ1) is 13.2. The summed E-state index contributed by atoms with van der Waals surface area (Å²) in [5.41, 5.74) is 0. The van der Waals surface area contributed by atoms with Gasteiger partial charge < -0.3 is 4.74 Å². The molecule has 2 heteroatoms. The molecule has 82 valence electrons. The quantitative estimate of drug-likeness (QED) is 0.340. The van der Waals surface area contributed by atoms with E-state index in [0.717, 1.165) is 18.8 Å². The molecule has 0 saturated carbocycles. The molecule has 0 N–H and O–H groups in total. The lowest BCUT2D eigenvalue weighted by molar-refractivity contribution is -0.137. The molecule has 0 radical (unpaired) electrons. The lowest BCUT2D eigenvalue weighted by Gasteiger charge is -2.07. The molecular weight excluding hydrogens is 176 g/mol. The Bertz CT molecular complexity index is 164. The summed E-state index contributed by atoms with van der Waals surface area (Å²) in [7, 11) is 0. The summed E-state index contributed by atoms with van der Waals surface area (Å²) in [6, 6.07) is 0. The Kier molecular flexibility index (Phi) is 8.30. The standard InChI is InChI=1S/C12H22O2/c1-4-11(3)9-7-6-8-10-14-12(13)5-2/h5,11H,2,4,6-10H2,1,3H3/t11-/m0/s1. The van der Waals surface area contributed by atoms with E-state index in [9.17, 15) is 4.79 Å². The molecule has 0 aliphatic rings. The van der Waals surface area contributed by atoms with Crippen LogP contribution in [0.4, 0.5) is 0 Å². The van der Waals surface area contributed by atoms with Crippen LogP contribution in [-0.4, -0.2) is 12.6 Å². The SMILES string of the molecule is C=CC(=O)OCCCCC[C@@H](C)CC. The van der Waals surface area contributed by atoms with Crippen molar-refractivity contribution in [3.05, 3.63) is 12.7 Å². The predicted molar refractivity (Wildman–Crippen MR) is 59.1 cm³/mol. The Labute approximate surface area is 87.3 Å². The number of ether oxygens (including phenoxy) is 1. The van der Waals surface area contributed by atoms with Crippen molar-refractivity contribution >= 4 is 5.97 Å². The lowest BCUT2D eigenvalue weighted by Crippen LogP contribution is -2.01. The Morgan fingerprint density at radius 3 is 2.71 bits per heavy atom. The van der Waals surface area contributed by atoms with Crippen molar-refractivity contribution in [1.82, 2.24) is 0 Å². The highest BCUT2D eigenvalue weighted by molar-refractivity contribution is 5.81. The van der Waals surface area contributed by atoms with Gasteiger partial charge in [-0.25, -0.2) is 4.79 Å². The minimum Gasteiger partial charge on any atom is -0.463 e. The Morgan fingerprint density at radius 1 is 1.43 bits per heavy atom. The van der Waals surface area contributed by atoms with Crippen LogP contribution in [0.25, 0.3) is 0 Å². The van der Waals surface area contributed by atoms with Crippen LogP contribution in [0.3, 0.4) is 0 Å². The van der Waals surface area contributed by atoms with E-state index in [-0.39, 0.29) is 5.97 Å². The molecule has 0 amide bonds. The highest BCUT2D eigenvalue weighted by Crippen LogP contribution is 2.11. The van der Waals surface area contributed by atoms with Gasteiger partial charge in [-0.3, -0.25) is 0 Å². The van der Waals surface area contributed by atoms with E-state index in [1.54, 1.807) is 0 Å². The first-order valence-electron chi connectivity index (χ1n) is 5.49. The van der Waals surface area contributed by atoms with Crippen LogP contribution in [0.1, 0.15) is 46.0 Å². The zero-order valence-electron chi connectivity index (χ0n) is 9.42. The number of hydrogen-bond acceptors (Lipinski definition) is 2. The summed E-state index contributed by atoms with van der Waals surface area (Å²) in [6.07, 6.45) is 7.10. The topological polar surface area (TPSA) is 26.3 Å². The summed E-state index contributed by atoms with van der Waals surface area (Å²) < 4.78 is 4.87. The van der Waals surface area contributed by atoms with Crippen LogP contribution in [0.5, 0.6) is 0 Å². The summed E-state index contributed by atoms with van der Waals surface area (Å²) in [5, 5.41) is 0. The lowest BCUT2D eigenvalue weighted by atomic mass is 10.0. The molecule has 0 aromatic carbocycles. The van der Waals surface area contributed by atoms with Gasteiger partial charge in [0.15, 0.2) is 0 Å². The Hall–Kier alpha value is -0.790. The van der Waals surface area contributed by atoms with Crippen LogP contribution in [0, 0.1) is 5.92 Å². The van der Waals surface area contributed by atoms with Crippen molar-refractivity contribution in [3.8, 4) is 0 Å². The fourth-order valence-corrected chi connectivity index (χ4v) is 1.21. The van der Waals surface area contributed by atoms with E-state index in [4.69, 9.17) is 4.74 Å². The third kappa shape index (κ3) is 7.84. The molecule has 0 aromatic rings. The molecule has 0 heterocycles. The zero-order chi connectivity index (χ0) is 10.8. The highest BCUT2D eigenvalue weighted by atomic mass is 16.5. The summed E-state index contributed by atoms with van der Waals surface area (Å²) >= 11 is 0. The van der Waals surface area contributed by atoms with Crippen molar-refractivity contribution < 1.29 is 9.53 Å². The molecule has 0 rings (SSSR count). The summed E-state index contributed by atoms with van der Waals surface area (Å²) in [4.78, 5) is 10.7. The Balaban J connectivity index is 3.14. The third-order valence-electron chi connectivity index (χ3n) is 2.45. The monoisotopic (exact) mass is 198 g/mol. The van der Waals surface area contributed by atoms with Crippen LogP contribution in [-0.2, 0) is 9.53 Å². The second kappa shape index (κ2) is 8.79. The fourth-order valence-electron chi connectivity index (χ4n) is 1.21. The summed E-state index contributed by atoms with van der Waals surface area (Å²) in [6.45, 7) is 8.36. The maximum absolute atomic E-state index is 10.7. The molecule has 0 spiro atoms. The van der Waals surface area contributed by atoms with Crippen molar-refractivity contribution in [2.75, 3.05) is 6.61 Å². The molecule has 1 atom stereocenters. The first-order valence-corrected chi connectivity index (χ1v) is 5.49. The largest absolute Gasteiger partial charge is 0.463 e. The minimum absolute atomic E-state index is 0.313. The number of hydrogen-bond donors (Lipinski definition) is 0. The van der Waals surface area contributed by atoms with E-state index < -0.39 is 0 Å². The van der Waals surface area contributed by atoms with Gasteiger partial charge in [-0.2, -0.15) is 0 Å². The van der Waals surface area contributed by atoms with Gasteiger partial charge in [-0.15, -0.1) is 0 Å². The van der Waals surface area contributed by atoms with E-state index in [1.165, 1.54) is 25.3 Å². The Morgan fingerprint density at radius 2 is 2.14 bits per heavy atom. The minimum atomic E-state index is -0.313. The smallest absolute Gasteiger partial charge is 0.330 e. The van der Waals surface area contributed by atoms with Crippen LogP contribution in [0.15, 0.2) is 12.7 Å². The molecule has 0 unspecified atom stereocenters. The second-order valence-corrected chi connectivity index (χ2v) is 3.73. The van der Waals surface area contributed by atoms with E-state index in [1.807, 2.05) is 0 Å². The molecule has 0 aliphatic carbocycles. The highest BCUT2D eigenvalue weighted by Gasteiger charge is 1.99. The predicted octanol–water partition coefficient (Wildman–Crippen LogP) is 3.32. The molecule has 0 fully saturated rings. The normalized spacial score (nSPS) is 12.1. The van der Waals surface area contributed by atoms with Gasteiger partial charge in [0.1, 0.15) is 0 Å². The number of carbonyl (C=O) groups excluding carboxylic acids is 1. The van der Waals surface area contributed by atoms with Gasteiger partial charge in [0.2, 0.25) is 0 Å². The van der Waals surface area contributed by atoms with Crippen molar-refractivity contribution in [3.63, 3.8) is 0 Å². The maximum Gasteiger partial charge on any atom is 0.330 e. The average molecular weight is 198 g/mol. The average Bonchev–Trinajstić information content (AvgIpc) is 2.22. The van der Waals surface area contributed by atoms with Crippen molar-refractivity contribution in [1.29, 1.82) is 0 Å². The van der Waals surface area contributed by atoms with Gasteiger partial charge >= 0.3 is 5.97 Å². The number of rotatable bonds is 8. The molecule has 0 aromatic heterocycles. The van der Waals surface area contributed by atoms with E-state index >= 15 is 0 Å². The van der Waals surface area contributed by atoms with Gasteiger partial charge in [0.05, 0.1) is 6.61 Å². The molecule has 0 aliphatic heterocycles. The van der Waals surface area contributed by atoms with Crippen LogP contribution >= 0.6 is 0 Å². The van der Waals surface area contributed by atoms with E-state index in [2.05, 4.69) is 20.4 Å². The van der Waals surface area contributed by atoms with Gasteiger partial charge in [-0.1, -0.05) is 46.1 Å². The van der Waals surface area contributed by atoms with E-state index in [0.29, 0.717) is 6.61 Å². The van der Waals surface area contributed by atoms with Crippen molar-refractivity contribution in [2.45, 2.75) is 46.0 Å². The number of carbonyl (C=O) groups is 1. The van der Waals surface area contributed by atoms with Gasteiger partial charge in [0.25, 0.3) is 0 Å². The molecular formula is C12H22O2. The molecule has 0 bridgehead atoms. The zero-order valence-corrected chi connectivity index (χ0v) is 9.42. The third-order valence-corrected chi connectivity index (χ3v) is 2.45. The molecule has 14 heavy (non-hydrogen) atoms. The maximum atomic E-state index is 10.7. The van der Waals surface area contributed by atoms with Gasteiger partial charge in [-0.05, 0) is 12.3 Å². The molecule has 2 nitrogen and oxygen atoms in total. The van der Waals surface area contributed by atoms with Gasteiger partial charge in [0, 0.05) is 6.08 Å². The van der Waals surface area contributed by atoms with Crippen LogP contribution < -0.4 is 0 Å². The second-order valence-electron chi connectivity index (χ2n) is 3.73. The summed E-state index contributed by atoms with van der Waals surface area (Å²) in [5.74, 6) is 0.512. The fraction of sp³-hybridized carbons (Fsp3) is 0.750. The van der Waals surface area contributed by atoms with Crippen molar-refractivity contribution in [2.24, 2.45) is 5.92 Å². The first-order chi connectivity index (χ1) is 6.70. The molecule has 0 saturated heterocycles. The number of unbranched alkanes of at least 4 members (excludes halogenated alkanes) is 2. The number of esters is 1.